The van der Waals surface area contributed by atoms with Crippen LogP contribution < -0.4 is 0 Å². The van der Waals surface area contributed by atoms with Crippen molar-refractivity contribution in [3.05, 3.63) is 0 Å². The molecule has 0 radical (unpaired) electrons. The van der Waals surface area contributed by atoms with Crippen molar-refractivity contribution >= 4 is 118 Å². The number of rotatable bonds is 7. The van der Waals surface area contributed by atoms with Crippen LogP contribution in [-0.2, 0) is 0 Å². The summed E-state index contributed by atoms with van der Waals surface area (Å²) in [6.07, 6.45) is 4.24. The first-order valence-corrected chi connectivity index (χ1v) is 7.29. The van der Waals surface area contributed by atoms with Gasteiger partial charge in [0.1, 0.15) is 0 Å². The predicted molar refractivity (Wildman–Crippen MR) is 115 cm³/mol. The molecule has 0 nitrogen and oxygen atoms in total. The molecular formula is H15B15S. The molecule has 0 aliphatic rings. The summed E-state index contributed by atoms with van der Waals surface area (Å²) in [5.41, 5.74) is 0. The Morgan fingerprint density at radius 2 is 1.31 bits per heavy atom. The van der Waals surface area contributed by atoms with Gasteiger partial charge >= 0.3 is 118 Å². The molecule has 0 fully saturated rings. The molecule has 0 bridgehead atoms. The first-order valence-electron chi connectivity index (χ1n) is 6.82. The van der Waals surface area contributed by atoms with E-state index >= 15 is 0 Å². The van der Waals surface area contributed by atoms with Gasteiger partial charge in [0.2, 0.25) is 0 Å². The van der Waals surface area contributed by atoms with E-state index in [-0.39, 0.29) is 0 Å². The van der Waals surface area contributed by atoms with Crippen LogP contribution in [0.2, 0.25) is 0 Å². The summed E-state index contributed by atoms with van der Waals surface area (Å²) in [7, 11) is 17.6. The van der Waals surface area contributed by atoms with Gasteiger partial charge in [-0.1, -0.05) is 0 Å². The van der Waals surface area contributed by atoms with E-state index in [0.717, 1.165) is 31.9 Å². The van der Waals surface area contributed by atoms with E-state index in [4.69, 9.17) is 12.1 Å². The maximum absolute atomic E-state index is 5.32. The van der Waals surface area contributed by atoms with Gasteiger partial charge in [-0.25, -0.2) is 0 Å². The van der Waals surface area contributed by atoms with E-state index < -0.39 is 0 Å². The second-order valence-corrected chi connectivity index (χ2v) is 6.37. The van der Waals surface area contributed by atoms with Crippen LogP contribution >= 0.6 is 12.1 Å². The fraction of sp³-hybridized carbons (Fsp3) is 0. The Balaban J connectivity index is 4.98. The number of hydrogen-bond acceptors (Lipinski definition) is 1. The van der Waals surface area contributed by atoms with E-state index in [0.29, 0.717) is 6.39 Å². The molecule has 66 valence electrons. The van der Waals surface area contributed by atoms with Crippen molar-refractivity contribution in [3.63, 3.8) is 0 Å². The van der Waals surface area contributed by atoms with Gasteiger partial charge < -0.3 is 0 Å². The van der Waals surface area contributed by atoms with Gasteiger partial charge in [-0.2, -0.15) is 0 Å². The molecule has 0 aromatic rings. The molecule has 16 heteroatoms. The Labute approximate surface area is 117 Å². The van der Waals surface area contributed by atoms with Crippen molar-refractivity contribution in [1.29, 1.82) is 0 Å². The van der Waals surface area contributed by atoms with Crippen molar-refractivity contribution in [2.24, 2.45) is 0 Å². The standard InChI is InChI=1S/B15H15S/c1-8-13(10(2)3)14(9-16)15(11(4)5)12(6)7/h8H,1-7H2. The summed E-state index contributed by atoms with van der Waals surface area (Å²) >= 11 is 5.32. The van der Waals surface area contributed by atoms with Crippen LogP contribution in [0, 0.1) is 0 Å². The van der Waals surface area contributed by atoms with Gasteiger partial charge in [0, 0.05) is 0 Å². The fourth-order valence-corrected chi connectivity index (χ4v) is 3.71. The molecule has 0 saturated heterocycles. The second-order valence-electron chi connectivity index (χ2n) is 6.09. The first kappa shape index (κ1) is 17.2. The van der Waals surface area contributed by atoms with Crippen LogP contribution in [0.25, 0.3) is 0 Å². The van der Waals surface area contributed by atoms with Crippen molar-refractivity contribution in [3.8, 4) is 0 Å². The number of hydrogen-bond donors (Lipinski definition) is 0. The average molecular weight is 209 g/mol. The van der Waals surface area contributed by atoms with Crippen LogP contribution in [0.1, 0.15) is 0 Å². The van der Waals surface area contributed by atoms with Crippen molar-refractivity contribution < 1.29 is 0 Å². The molecule has 0 amide bonds. The quantitative estimate of drug-likeness (QED) is 0.375. The summed E-state index contributed by atoms with van der Waals surface area (Å²) in [5, 5.41) is 0. The third-order valence-corrected chi connectivity index (χ3v) is 4.28. The predicted octanol–water partition coefficient (Wildman–Crippen LogP) is -9.08. The SMILES string of the molecule is BBB(B(B)B)B(B=S)B(B(B)B)B(B)B. The van der Waals surface area contributed by atoms with E-state index in [1.807, 2.05) is 0 Å². The maximum atomic E-state index is 5.32. The Hall–Kier alpha value is 1.19. The van der Waals surface area contributed by atoms with E-state index in [1.165, 1.54) is 7.06 Å². The third-order valence-electron chi connectivity index (χ3n) is 3.96. The summed E-state index contributed by atoms with van der Waals surface area (Å²) in [6.45, 7) is 0. The third kappa shape index (κ3) is 4.82. The summed E-state index contributed by atoms with van der Waals surface area (Å²) < 4.78 is 0. The molecule has 16 heavy (non-hydrogen) atoms. The molecule has 0 heterocycles. The minimum absolute atomic E-state index is 0.597. The second kappa shape index (κ2) is 8.32. The Morgan fingerprint density at radius 3 is 1.50 bits per heavy atom. The zero-order valence-electron chi connectivity index (χ0n) is 12.2. The van der Waals surface area contributed by atoms with Gasteiger partial charge in [0.25, 0.3) is 0 Å². The average Bonchev–Trinajstić information content (AvgIpc) is 2.15. The van der Waals surface area contributed by atoms with Crippen LogP contribution in [0.4, 0.5) is 0 Å². The van der Waals surface area contributed by atoms with Crippen LogP contribution in [0.3, 0.4) is 0 Å². The van der Waals surface area contributed by atoms with Gasteiger partial charge in [-0.15, -0.1) is 0 Å². The molecule has 0 rings (SSSR count). The summed E-state index contributed by atoms with van der Waals surface area (Å²) in [6, 6.07) is 2.05. The molecule has 0 spiro atoms. The summed E-state index contributed by atoms with van der Waals surface area (Å²) in [5.74, 6) is 0. The monoisotopic (exact) mass is 212 g/mol. The van der Waals surface area contributed by atoms with Gasteiger partial charge in [-0.05, 0) is 0 Å². The van der Waals surface area contributed by atoms with Gasteiger partial charge in [0.05, 0.1) is 0 Å². The van der Waals surface area contributed by atoms with Crippen molar-refractivity contribution in [2.75, 3.05) is 0 Å². The summed E-state index contributed by atoms with van der Waals surface area (Å²) in [4.78, 5) is 0. The molecule has 0 aromatic heterocycles. The van der Waals surface area contributed by atoms with Crippen LogP contribution in [0.5, 0.6) is 0 Å². The Bertz CT molecular complexity index is 186. The normalized spacial score (nSPS) is 8.50. The first-order chi connectivity index (χ1) is 7.36. The van der Waals surface area contributed by atoms with Crippen molar-refractivity contribution in [2.45, 2.75) is 0 Å². The molecule has 0 atom stereocenters. The van der Waals surface area contributed by atoms with Crippen LogP contribution in [-0.4, -0.2) is 106 Å². The molecule has 0 N–H and O–H groups in total. The van der Waals surface area contributed by atoms with Crippen LogP contribution in [0.15, 0.2) is 0 Å². The van der Waals surface area contributed by atoms with Gasteiger partial charge in [0.15, 0.2) is 0 Å². The Kier molecular flexibility index (Phi) is 8.94. The zero-order chi connectivity index (χ0) is 12.9. The molecule has 0 aliphatic carbocycles. The molecule has 0 unspecified atom stereocenters. The van der Waals surface area contributed by atoms with Gasteiger partial charge in [-0.3, -0.25) is 0 Å². The van der Waals surface area contributed by atoms with Crippen molar-refractivity contribution in [1.82, 2.24) is 0 Å². The molecular weight excluding hydrogens is 194 g/mol. The fourth-order valence-electron chi connectivity index (χ4n) is 3.32. The minimum atomic E-state index is 0.597. The van der Waals surface area contributed by atoms with E-state index in [2.05, 4.69) is 60.2 Å². The molecule has 0 saturated carbocycles. The van der Waals surface area contributed by atoms with E-state index in [1.54, 1.807) is 0 Å². The molecule has 0 aromatic carbocycles. The topological polar surface area (TPSA) is 0 Å². The zero-order valence-corrected chi connectivity index (χ0v) is 13.0. The Morgan fingerprint density at radius 1 is 0.875 bits per heavy atom. The molecule has 0 aliphatic heterocycles. The van der Waals surface area contributed by atoms with E-state index in [9.17, 15) is 0 Å².